The summed E-state index contributed by atoms with van der Waals surface area (Å²) < 4.78 is 9.81. The van der Waals surface area contributed by atoms with Crippen molar-refractivity contribution in [3.8, 4) is 0 Å². The van der Waals surface area contributed by atoms with Crippen molar-refractivity contribution in [1.82, 2.24) is 5.32 Å². The smallest absolute Gasteiger partial charge is 0.325 e. The maximum Gasteiger partial charge on any atom is 0.325 e. The lowest BCUT2D eigenvalue weighted by atomic mass is 10.3. The van der Waals surface area contributed by atoms with Gasteiger partial charge in [-0.1, -0.05) is 23.2 Å². The van der Waals surface area contributed by atoms with Gasteiger partial charge in [0.2, 0.25) is 0 Å². The van der Waals surface area contributed by atoms with Crippen LogP contribution in [-0.2, 0) is 14.3 Å². The van der Waals surface area contributed by atoms with E-state index in [0.29, 0.717) is 15.7 Å². The molecule has 6 nitrogen and oxygen atoms in total. The van der Waals surface area contributed by atoms with Gasteiger partial charge >= 0.3 is 6.03 Å². The molecule has 2 rings (SSSR count). The maximum atomic E-state index is 11.6. The summed E-state index contributed by atoms with van der Waals surface area (Å²) >= 11 is 11.5. The fourth-order valence-corrected chi connectivity index (χ4v) is 1.71. The Hall–Kier alpha value is -1.34. The summed E-state index contributed by atoms with van der Waals surface area (Å²) in [5.41, 5.74) is 0.420. The number of urea groups is 1. The van der Waals surface area contributed by atoms with Crippen LogP contribution in [0.1, 0.15) is 0 Å². The first kappa shape index (κ1) is 14.1. The van der Waals surface area contributed by atoms with E-state index in [-0.39, 0.29) is 13.4 Å². The third kappa shape index (κ3) is 3.81. The molecule has 1 fully saturated rings. The minimum Gasteiger partial charge on any atom is -0.352 e. The molecule has 1 aromatic rings. The third-order valence-electron chi connectivity index (χ3n) is 2.33. The molecule has 1 heterocycles. The normalized spacial score (nSPS) is 18.1. The van der Waals surface area contributed by atoms with Crippen LogP contribution in [0.4, 0.5) is 10.5 Å². The summed E-state index contributed by atoms with van der Waals surface area (Å²) in [6.45, 7) is 0.179. The summed E-state index contributed by atoms with van der Waals surface area (Å²) in [5, 5.41) is 5.27. The average molecular weight is 305 g/mol. The van der Waals surface area contributed by atoms with Crippen molar-refractivity contribution in [2.24, 2.45) is 0 Å². The van der Waals surface area contributed by atoms with Crippen LogP contribution in [0.3, 0.4) is 0 Å². The molecule has 19 heavy (non-hydrogen) atoms. The molecule has 1 aromatic carbocycles. The van der Waals surface area contributed by atoms with Crippen molar-refractivity contribution in [2.75, 3.05) is 18.7 Å². The van der Waals surface area contributed by atoms with Crippen LogP contribution in [-0.4, -0.2) is 31.4 Å². The lowest BCUT2D eigenvalue weighted by Crippen LogP contribution is -2.41. The molecule has 1 saturated heterocycles. The number of amides is 3. The largest absolute Gasteiger partial charge is 0.352 e. The highest BCUT2D eigenvalue weighted by atomic mass is 35.5. The number of benzene rings is 1. The highest BCUT2D eigenvalue weighted by molar-refractivity contribution is 6.42. The van der Waals surface area contributed by atoms with Gasteiger partial charge in [-0.3, -0.25) is 10.1 Å². The number of ether oxygens (including phenoxy) is 2. The van der Waals surface area contributed by atoms with E-state index >= 15 is 0 Å². The summed E-state index contributed by atoms with van der Waals surface area (Å²) in [6.07, 6.45) is -0.764. The fourth-order valence-electron chi connectivity index (χ4n) is 1.41. The molecule has 0 radical (unpaired) electrons. The van der Waals surface area contributed by atoms with Gasteiger partial charge in [-0.15, -0.1) is 0 Å². The number of hydrogen-bond acceptors (Lipinski definition) is 4. The second kappa shape index (κ2) is 6.21. The second-order valence-corrected chi connectivity index (χ2v) is 4.53. The van der Waals surface area contributed by atoms with E-state index in [0.717, 1.165) is 0 Å². The van der Waals surface area contributed by atoms with Crippen molar-refractivity contribution in [3.63, 3.8) is 0 Å². The minimum atomic E-state index is -0.764. The van der Waals surface area contributed by atoms with Gasteiger partial charge in [0.15, 0.2) is 6.10 Å². The fraction of sp³-hybridized carbons (Fsp3) is 0.273. The standard InChI is InChI=1S/C11H10Cl2N2O4/c12-7-2-1-6(3-8(7)13)14-11(17)15-10(16)9-4-18-5-19-9/h1-3,9H,4-5H2,(H2,14,15,16,17). The predicted molar refractivity (Wildman–Crippen MR) is 69.3 cm³/mol. The molecule has 0 aromatic heterocycles. The summed E-state index contributed by atoms with van der Waals surface area (Å²) in [4.78, 5) is 23.1. The Balaban J connectivity index is 1.89. The maximum absolute atomic E-state index is 11.6. The Kier molecular flexibility index (Phi) is 4.60. The number of hydrogen-bond donors (Lipinski definition) is 2. The van der Waals surface area contributed by atoms with Crippen LogP contribution in [0.5, 0.6) is 0 Å². The molecule has 2 N–H and O–H groups in total. The van der Waals surface area contributed by atoms with Gasteiger partial charge in [0, 0.05) is 5.69 Å². The first-order valence-corrected chi connectivity index (χ1v) is 6.08. The van der Waals surface area contributed by atoms with Gasteiger partial charge < -0.3 is 14.8 Å². The Bertz CT molecular complexity index is 503. The Morgan fingerprint density at radius 2 is 2.05 bits per heavy atom. The molecule has 1 unspecified atom stereocenters. The topological polar surface area (TPSA) is 76.7 Å². The molecule has 0 spiro atoms. The lowest BCUT2D eigenvalue weighted by molar-refractivity contribution is -0.128. The number of nitrogens with one attached hydrogen (secondary N) is 2. The van der Waals surface area contributed by atoms with Crippen molar-refractivity contribution in [2.45, 2.75) is 6.10 Å². The molecule has 0 bridgehead atoms. The number of carbonyl (C=O) groups is 2. The van der Waals surface area contributed by atoms with Crippen molar-refractivity contribution in [3.05, 3.63) is 28.2 Å². The van der Waals surface area contributed by atoms with E-state index in [1.807, 2.05) is 0 Å². The molecule has 102 valence electrons. The highest BCUT2D eigenvalue weighted by Crippen LogP contribution is 2.24. The van der Waals surface area contributed by atoms with Gasteiger partial charge in [-0.05, 0) is 18.2 Å². The molecular weight excluding hydrogens is 295 g/mol. The molecule has 3 amide bonds. The first-order valence-electron chi connectivity index (χ1n) is 5.32. The van der Waals surface area contributed by atoms with Crippen LogP contribution < -0.4 is 10.6 Å². The Labute approximate surface area is 119 Å². The van der Waals surface area contributed by atoms with Crippen LogP contribution in [0.15, 0.2) is 18.2 Å². The highest BCUT2D eigenvalue weighted by Gasteiger charge is 2.25. The molecule has 1 atom stereocenters. The summed E-state index contributed by atoms with van der Waals surface area (Å²) in [5.74, 6) is -0.560. The molecule has 1 aliphatic heterocycles. The lowest BCUT2D eigenvalue weighted by Gasteiger charge is -2.09. The molecule has 1 aliphatic rings. The number of rotatable bonds is 2. The van der Waals surface area contributed by atoms with Crippen molar-refractivity contribution < 1.29 is 19.1 Å². The van der Waals surface area contributed by atoms with Gasteiger partial charge in [-0.2, -0.15) is 0 Å². The van der Waals surface area contributed by atoms with E-state index in [2.05, 4.69) is 10.6 Å². The Morgan fingerprint density at radius 3 is 2.68 bits per heavy atom. The summed E-state index contributed by atoms with van der Waals surface area (Å²) in [7, 11) is 0. The zero-order valence-electron chi connectivity index (χ0n) is 9.61. The van der Waals surface area contributed by atoms with E-state index in [1.165, 1.54) is 12.1 Å². The first-order chi connectivity index (χ1) is 9.06. The molecular formula is C11H10Cl2N2O4. The van der Waals surface area contributed by atoms with Crippen molar-refractivity contribution >= 4 is 40.8 Å². The predicted octanol–water partition coefficient (Wildman–Crippen LogP) is 2.01. The van der Waals surface area contributed by atoms with Gasteiger partial charge in [-0.25, -0.2) is 4.79 Å². The average Bonchev–Trinajstić information content (AvgIpc) is 2.87. The van der Waals surface area contributed by atoms with Crippen LogP contribution in [0.25, 0.3) is 0 Å². The van der Waals surface area contributed by atoms with E-state index in [4.69, 9.17) is 32.7 Å². The number of carbonyl (C=O) groups excluding carboxylic acids is 2. The van der Waals surface area contributed by atoms with E-state index < -0.39 is 18.0 Å². The SMILES string of the molecule is O=C(NC(=O)C1COCO1)Nc1ccc(Cl)c(Cl)c1. The number of imide groups is 1. The van der Waals surface area contributed by atoms with E-state index in [1.54, 1.807) is 6.07 Å². The van der Waals surface area contributed by atoms with Crippen molar-refractivity contribution in [1.29, 1.82) is 0 Å². The quantitative estimate of drug-likeness (QED) is 0.876. The zero-order chi connectivity index (χ0) is 13.8. The zero-order valence-corrected chi connectivity index (χ0v) is 11.1. The molecule has 0 aliphatic carbocycles. The molecule has 8 heteroatoms. The number of anilines is 1. The second-order valence-electron chi connectivity index (χ2n) is 3.72. The van der Waals surface area contributed by atoms with Gasteiger partial charge in [0.1, 0.15) is 6.79 Å². The van der Waals surface area contributed by atoms with Crippen LogP contribution in [0, 0.1) is 0 Å². The number of halogens is 2. The third-order valence-corrected chi connectivity index (χ3v) is 3.07. The van der Waals surface area contributed by atoms with Gasteiger partial charge in [0.05, 0.1) is 16.7 Å². The molecule has 0 saturated carbocycles. The van der Waals surface area contributed by atoms with E-state index in [9.17, 15) is 9.59 Å². The van der Waals surface area contributed by atoms with Crippen LogP contribution in [0.2, 0.25) is 10.0 Å². The summed E-state index contributed by atoms with van der Waals surface area (Å²) in [6, 6.07) is 3.89. The van der Waals surface area contributed by atoms with Crippen LogP contribution >= 0.6 is 23.2 Å². The Morgan fingerprint density at radius 1 is 1.26 bits per heavy atom. The van der Waals surface area contributed by atoms with Gasteiger partial charge in [0.25, 0.3) is 5.91 Å². The monoisotopic (exact) mass is 304 g/mol. The minimum absolute atomic E-state index is 0.0481.